The smallest absolute Gasteiger partial charge is 0.255 e. The molecule has 10 nitrogen and oxygen atoms in total. The molecule has 1 amide bonds. The molecule has 0 bridgehead atoms. The van der Waals surface area contributed by atoms with Crippen molar-refractivity contribution in [1.82, 2.24) is 4.90 Å². The molecule has 4 rings (SSSR count). The summed E-state index contributed by atoms with van der Waals surface area (Å²) in [7, 11) is 6.77. The number of aliphatic hydroxyl groups is 3. The van der Waals surface area contributed by atoms with Gasteiger partial charge in [0.25, 0.3) is 5.91 Å². The molecule has 3 aliphatic rings. The number of benzene rings is 1. The third kappa shape index (κ3) is 4.17. The van der Waals surface area contributed by atoms with Gasteiger partial charge >= 0.3 is 0 Å². The zero-order chi connectivity index (χ0) is 29.0. The number of nitrogens with zero attached hydrogens (tertiary/aromatic N) is 2. The summed E-state index contributed by atoms with van der Waals surface area (Å²) < 4.78 is 0. The van der Waals surface area contributed by atoms with Gasteiger partial charge in [-0.1, -0.05) is 25.2 Å². The van der Waals surface area contributed by atoms with Crippen LogP contribution >= 0.6 is 0 Å². The number of likely N-dealkylation sites (N-methyl/N-ethyl adjacent to an activating group) is 1. The number of aromatic hydroxyl groups is 1. The summed E-state index contributed by atoms with van der Waals surface area (Å²) >= 11 is 0. The average Bonchev–Trinajstić information content (AvgIpc) is 2.84. The highest BCUT2D eigenvalue weighted by molar-refractivity contribution is 6.24. The van der Waals surface area contributed by atoms with Gasteiger partial charge < -0.3 is 31.1 Å². The highest BCUT2D eigenvalue weighted by Gasteiger charge is 2.64. The van der Waals surface area contributed by atoms with Crippen molar-refractivity contribution in [2.24, 2.45) is 17.6 Å². The lowest BCUT2D eigenvalue weighted by molar-refractivity contribution is -0.153. The fourth-order valence-corrected chi connectivity index (χ4v) is 6.21. The van der Waals surface area contributed by atoms with Crippen LogP contribution in [0.2, 0.25) is 0 Å². The normalized spacial score (nSPS) is 26.1. The molecule has 1 fully saturated rings. The van der Waals surface area contributed by atoms with Crippen LogP contribution in [-0.2, 0) is 20.8 Å². The number of phenols is 1. The van der Waals surface area contributed by atoms with E-state index in [1.807, 2.05) is 25.9 Å². The van der Waals surface area contributed by atoms with Crippen LogP contribution in [0.5, 0.6) is 5.75 Å². The van der Waals surface area contributed by atoms with Gasteiger partial charge in [-0.05, 0) is 50.9 Å². The highest BCUT2D eigenvalue weighted by Crippen LogP contribution is 2.54. The lowest BCUT2D eigenvalue weighted by atomic mass is 9.57. The van der Waals surface area contributed by atoms with Crippen molar-refractivity contribution < 1.29 is 34.8 Å². The van der Waals surface area contributed by atoms with Crippen molar-refractivity contribution in [2.75, 3.05) is 33.1 Å². The van der Waals surface area contributed by atoms with Crippen LogP contribution in [0.1, 0.15) is 49.3 Å². The zero-order valence-corrected chi connectivity index (χ0v) is 22.8. The van der Waals surface area contributed by atoms with E-state index in [-0.39, 0.29) is 35.3 Å². The van der Waals surface area contributed by atoms with Gasteiger partial charge in [0.1, 0.15) is 22.8 Å². The Morgan fingerprint density at radius 2 is 1.85 bits per heavy atom. The van der Waals surface area contributed by atoms with E-state index in [1.165, 1.54) is 4.90 Å². The second-order valence-electron chi connectivity index (χ2n) is 10.9. The van der Waals surface area contributed by atoms with Crippen molar-refractivity contribution in [1.29, 1.82) is 0 Å². The van der Waals surface area contributed by atoms with E-state index < -0.39 is 58.0 Å². The Hall–Kier alpha value is -3.81. The summed E-state index contributed by atoms with van der Waals surface area (Å²) in [5.74, 6) is -0.749. The summed E-state index contributed by atoms with van der Waals surface area (Å²) in [6.45, 7) is 2.05. The first-order chi connectivity index (χ1) is 18.3. The van der Waals surface area contributed by atoms with Gasteiger partial charge in [-0.2, -0.15) is 0 Å². The Labute approximate surface area is 227 Å². The van der Waals surface area contributed by atoms with E-state index in [4.69, 9.17) is 5.73 Å². The summed E-state index contributed by atoms with van der Waals surface area (Å²) in [6.07, 6.45) is 2.75. The van der Waals surface area contributed by atoms with Gasteiger partial charge in [-0.3, -0.25) is 19.3 Å². The quantitative estimate of drug-likeness (QED) is 0.213. The first-order valence-electron chi connectivity index (χ1n) is 13.0. The third-order valence-corrected chi connectivity index (χ3v) is 8.06. The molecular formula is C29H35N3O7. The Kier molecular flexibility index (Phi) is 7.27. The molecule has 0 heterocycles. The minimum absolute atomic E-state index is 0.0391. The van der Waals surface area contributed by atoms with Crippen molar-refractivity contribution in [3.8, 4) is 17.6 Å². The molecule has 1 aromatic rings. The SMILES string of the molecule is CCCCC#Cc1cc(N(C)C)c2c(c1O)C(O)=C1C(=O)[C@]3(O)C(O)=C(C(N)=O)C(=O)[C@@H](N(C)C)C3CC1C2. The Balaban J connectivity index is 1.96. The van der Waals surface area contributed by atoms with Crippen LogP contribution < -0.4 is 10.6 Å². The number of Topliss-reactive ketones (excluding diaryl/α,β-unsaturated/α-hetero) is 2. The van der Waals surface area contributed by atoms with E-state index in [1.54, 1.807) is 20.2 Å². The number of rotatable bonds is 5. The number of amides is 1. The monoisotopic (exact) mass is 537 g/mol. The molecule has 0 radical (unpaired) electrons. The fourth-order valence-electron chi connectivity index (χ4n) is 6.21. The maximum Gasteiger partial charge on any atom is 0.255 e. The van der Waals surface area contributed by atoms with Gasteiger partial charge in [0.15, 0.2) is 11.4 Å². The number of carbonyl (C=O) groups excluding carboxylic acids is 3. The standard InChI is InChI=1S/C29H35N3O7/c1-6-7-8-9-10-14-13-18(31(2)3)16-11-15-12-17-22(32(4)5)25(35)21(28(30)38)27(37)29(17,39)26(36)19(15)24(34)20(16)23(14)33/h13,15,17,22,33-34,37,39H,6-8,11-12H2,1-5H3,(H2,30,38)/t15?,17?,22-,29-/m0/s1. The maximum absolute atomic E-state index is 14.0. The van der Waals surface area contributed by atoms with Gasteiger partial charge in [0.05, 0.1) is 17.2 Å². The molecule has 6 N–H and O–H groups in total. The van der Waals surface area contributed by atoms with Crippen LogP contribution in [0.3, 0.4) is 0 Å². The molecule has 208 valence electrons. The van der Waals surface area contributed by atoms with E-state index in [0.29, 0.717) is 17.7 Å². The van der Waals surface area contributed by atoms with Crippen LogP contribution in [-0.4, -0.2) is 82.6 Å². The Morgan fingerprint density at radius 1 is 1.18 bits per heavy atom. The number of aliphatic hydroxyl groups excluding tert-OH is 2. The van der Waals surface area contributed by atoms with E-state index in [0.717, 1.165) is 12.8 Å². The van der Waals surface area contributed by atoms with E-state index in [9.17, 15) is 34.8 Å². The van der Waals surface area contributed by atoms with E-state index in [2.05, 4.69) is 11.8 Å². The molecule has 0 spiro atoms. The Bertz CT molecular complexity index is 1400. The summed E-state index contributed by atoms with van der Waals surface area (Å²) in [5.41, 5.74) is 3.31. The number of hydrogen-bond donors (Lipinski definition) is 5. The van der Waals surface area contributed by atoms with Crippen molar-refractivity contribution in [2.45, 2.75) is 50.7 Å². The minimum atomic E-state index is -2.66. The molecule has 10 heteroatoms. The van der Waals surface area contributed by atoms with Crippen molar-refractivity contribution in [3.05, 3.63) is 39.7 Å². The number of primary amides is 1. The van der Waals surface area contributed by atoms with Gasteiger partial charge in [-0.15, -0.1) is 0 Å². The molecule has 1 aromatic carbocycles. The van der Waals surface area contributed by atoms with Crippen LogP contribution in [0.4, 0.5) is 5.69 Å². The molecular weight excluding hydrogens is 502 g/mol. The first kappa shape index (κ1) is 28.2. The average molecular weight is 538 g/mol. The predicted octanol–water partition coefficient (Wildman–Crippen LogP) is 1.57. The predicted molar refractivity (Wildman–Crippen MR) is 145 cm³/mol. The van der Waals surface area contributed by atoms with Crippen molar-refractivity contribution in [3.63, 3.8) is 0 Å². The topological polar surface area (TPSA) is 165 Å². The molecule has 3 aliphatic carbocycles. The largest absolute Gasteiger partial charge is 0.508 e. The highest BCUT2D eigenvalue weighted by atomic mass is 16.3. The van der Waals surface area contributed by atoms with Gasteiger partial charge in [0, 0.05) is 37.7 Å². The lowest BCUT2D eigenvalue weighted by Gasteiger charge is -2.50. The van der Waals surface area contributed by atoms with Crippen LogP contribution in [0, 0.1) is 23.7 Å². The Morgan fingerprint density at radius 3 is 2.41 bits per heavy atom. The van der Waals surface area contributed by atoms with Crippen LogP contribution in [0.15, 0.2) is 23.0 Å². The molecule has 39 heavy (non-hydrogen) atoms. The molecule has 0 aromatic heterocycles. The number of fused-ring (bicyclic) bond motifs is 3. The second-order valence-corrected chi connectivity index (χ2v) is 10.9. The number of unbranched alkanes of at least 4 members (excludes halogenated alkanes) is 2. The number of carbonyl (C=O) groups is 3. The first-order valence-corrected chi connectivity index (χ1v) is 13.0. The summed E-state index contributed by atoms with van der Waals surface area (Å²) in [6, 6.07) is 0.622. The summed E-state index contributed by atoms with van der Waals surface area (Å²) in [5, 5.41) is 45.4. The number of nitrogens with two attached hydrogens (primary N) is 1. The lowest BCUT2D eigenvalue weighted by Crippen LogP contribution is -2.65. The van der Waals surface area contributed by atoms with E-state index >= 15 is 0 Å². The molecule has 2 unspecified atom stereocenters. The van der Waals surface area contributed by atoms with Crippen LogP contribution in [0.25, 0.3) is 5.76 Å². The fraction of sp³-hybridized carbons (Fsp3) is 0.483. The number of anilines is 1. The van der Waals surface area contributed by atoms with Crippen molar-refractivity contribution >= 4 is 28.9 Å². The number of hydrogen-bond acceptors (Lipinski definition) is 9. The third-order valence-electron chi connectivity index (χ3n) is 8.06. The second kappa shape index (κ2) is 10.1. The molecule has 4 atom stereocenters. The maximum atomic E-state index is 14.0. The van der Waals surface area contributed by atoms with Gasteiger partial charge in [0.2, 0.25) is 5.78 Å². The molecule has 0 aliphatic heterocycles. The number of phenolic OH excluding ortho intramolecular Hbond substituents is 1. The number of ketones is 2. The molecule has 0 saturated heterocycles. The molecule has 1 saturated carbocycles. The summed E-state index contributed by atoms with van der Waals surface area (Å²) in [4.78, 5) is 42.6. The van der Waals surface area contributed by atoms with Gasteiger partial charge in [-0.25, -0.2) is 0 Å². The minimum Gasteiger partial charge on any atom is -0.508 e. The zero-order valence-electron chi connectivity index (χ0n) is 22.8.